The summed E-state index contributed by atoms with van der Waals surface area (Å²) < 4.78 is 40.1. The average Bonchev–Trinajstić information content (AvgIpc) is 2.85. The number of aryl methyl sites for hydroxylation is 1. The lowest BCUT2D eigenvalue weighted by molar-refractivity contribution is 0.229. The van der Waals surface area contributed by atoms with Crippen LogP contribution >= 0.6 is 0 Å². The number of benzene rings is 3. The van der Waals surface area contributed by atoms with Crippen molar-refractivity contribution in [3.63, 3.8) is 0 Å². The molecule has 0 fully saturated rings. The Labute approximate surface area is 215 Å². The number of allylic oxidation sites excluding steroid dienone is 1. The van der Waals surface area contributed by atoms with Crippen molar-refractivity contribution in [2.24, 2.45) is 0 Å². The fourth-order valence-corrected chi connectivity index (χ4v) is 5.18. The Morgan fingerprint density at radius 2 is 1.69 bits per heavy atom. The number of ether oxygens (including phenoxy) is 2. The smallest absolute Gasteiger partial charge is 0.243 e. The molecule has 0 unspecified atom stereocenters. The molecule has 36 heavy (non-hydrogen) atoms. The van der Waals surface area contributed by atoms with Crippen LogP contribution in [0.4, 0.5) is 0 Å². The van der Waals surface area contributed by atoms with Gasteiger partial charge in [-0.25, -0.2) is 8.42 Å². The van der Waals surface area contributed by atoms with Gasteiger partial charge in [0.15, 0.2) is 11.5 Å². The number of hydrogen-bond acceptors (Lipinski definition) is 4. The summed E-state index contributed by atoms with van der Waals surface area (Å²) in [5, 5.41) is 0. The second-order valence-corrected chi connectivity index (χ2v) is 10.8. The lowest BCUT2D eigenvalue weighted by Crippen LogP contribution is -2.31. The highest BCUT2D eigenvalue weighted by Gasteiger charge is 2.25. The number of sulfonamides is 1. The topological polar surface area (TPSA) is 55.8 Å². The summed E-state index contributed by atoms with van der Waals surface area (Å²) in [6, 6.07) is 20.8. The van der Waals surface area contributed by atoms with E-state index < -0.39 is 10.0 Å². The van der Waals surface area contributed by atoms with Gasteiger partial charge in [-0.05, 0) is 68.1 Å². The van der Waals surface area contributed by atoms with Gasteiger partial charge in [0.2, 0.25) is 10.0 Å². The van der Waals surface area contributed by atoms with E-state index in [9.17, 15) is 8.42 Å². The zero-order chi connectivity index (χ0) is 26.1. The van der Waals surface area contributed by atoms with Crippen molar-refractivity contribution < 1.29 is 17.9 Å². The fraction of sp³-hybridized carbons (Fsp3) is 0.267. The molecule has 0 amide bonds. The molecular weight excluding hydrogens is 470 g/mol. The molecule has 0 bridgehead atoms. The van der Waals surface area contributed by atoms with Gasteiger partial charge in [-0.2, -0.15) is 4.31 Å². The molecule has 0 saturated carbocycles. The molecule has 190 valence electrons. The predicted molar refractivity (Wildman–Crippen MR) is 147 cm³/mol. The normalized spacial score (nSPS) is 11.8. The maximum absolute atomic E-state index is 13.5. The minimum atomic E-state index is -3.74. The summed E-state index contributed by atoms with van der Waals surface area (Å²) in [7, 11) is -2.14. The van der Waals surface area contributed by atoms with Crippen molar-refractivity contribution in [2.75, 3.05) is 13.7 Å². The van der Waals surface area contributed by atoms with Crippen molar-refractivity contribution >= 4 is 16.1 Å². The molecule has 0 spiro atoms. The van der Waals surface area contributed by atoms with Gasteiger partial charge in [-0.3, -0.25) is 0 Å². The zero-order valence-electron chi connectivity index (χ0n) is 21.5. The highest BCUT2D eigenvalue weighted by atomic mass is 32.2. The second kappa shape index (κ2) is 12.6. The standard InChI is InChI=1S/C30H35NO4S/c1-6-19-31(36(32,33)28-17-15-24(4)16-18-28)22-27-21-30(35-23(2)3)29(34-5)20-26(27)14-10-13-25-11-8-7-9-12-25/h6-12,14-18,20-21,23H,1,13,19,22H2,2-5H3/b14-10+. The first-order chi connectivity index (χ1) is 17.2. The molecule has 0 heterocycles. The summed E-state index contributed by atoms with van der Waals surface area (Å²) in [5.74, 6) is 1.18. The molecular formula is C30H35NO4S. The van der Waals surface area contributed by atoms with Crippen LogP contribution in [0.1, 0.15) is 36.1 Å². The van der Waals surface area contributed by atoms with Gasteiger partial charge < -0.3 is 9.47 Å². The first-order valence-corrected chi connectivity index (χ1v) is 13.4. The van der Waals surface area contributed by atoms with Crippen LogP contribution in [0.5, 0.6) is 11.5 Å². The van der Waals surface area contributed by atoms with Crippen LogP contribution in [0.2, 0.25) is 0 Å². The van der Waals surface area contributed by atoms with Gasteiger partial charge in [-0.1, -0.05) is 66.3 Å². The van der Waals surface area contributed by atoms with Crippen LogP contribution in [-0.2, 0) is 23.0 Å². The lowest BCUT2D eigenvalue weighted by atomic mass is 10.0. The summed E-state index contributed by atoms with van der Waals surface area (Å²) in [4.78, 5) is 0.253. The van der Waals surface area contributed by atoms with Crippen molar-refractivity contribution in [3.05, 3.63) is 108 Å². The van der Waals surface area contributed by atoms with E-state index in [1.54, 1.807) is 37.5 Å². The highest BCUT2D eigenvalue weighted by Crippen LogP contribution is 2.34. The molecule has 3 aromatic carbocycles. The van der Waals surface area contributed by atoms with Crippen LogP contribution in [0.3, 0.4) is 0 Å². The molecule has 0 aliphatic carbocycles. The largest absolute Gasteiger partial charge is 0.493 e. The van der Waals surface area contributed by atoms with E-state index in [0.29, 0.717) is 11.5 Å². The Hall–Kier alpha value is -3.35. The number of nitrogens with zero attached hydrogens (tertiary/aromatic N) is 1. The SMILES string of the molecule is C=CCN(Cc1cc(OC(C)C)c(OC)cc1/C=C/Cc1ccccc1)S(=O)(=O)c1ccc(C)cc1. The summed E-state index contributed by atoms with van der Waals surface area (Å²) in [6.45, 7) is 9.94. The predicted octanol–water partition coefficient (Wildman–Crippen LogP) is 6.42. The lowest BCUT2D eigenvalue weighted by Gasteiger charge is -2.23. The van der Waals surface area contributed by atoms with Crippen molar-refractivity contribution in [1.29, 1.82) is 0 Å². The molecule has 0 aromatic heterocycles. The highest BCUT2D eigenvalue weighted by molar-refractivity contribution is 7.89. The first kappa shape index (κ1) is 27.2. The van der Waals surface area contributed by atoms with Crippen molar-refractivity contribution in [2.45, 2.75) is 44.7 Å². The maximum Gasteiger partial charge on any atom is 0.243 e. The van der Waals surface area contributed by atoms with E-state index in [0.717, 1.165) is 23.1 Å². The third-order valence-corrected chi connectivity index (χ3v) is 7.45. The minimum Gasteiger partial charge on any atom is -0.493 e. The van der Waals surface area contributed by atoms with E-state index in [2.05, 4.69) is 24.8 Å². The Kier molecular flexibility index (Phi) is 9.51. The average molecular weight is 506 g/mol. The quantitative estimate of drug-likeness (QED) is 0.266. The van der Waals surface area contributed by atoms with Crippen LogP contribution in [0.25, 0.3) is 6.08 Å². The number of hydrogen-bond donors (Lipinski definition) is 0. The minimum absolute atomic E-state index is 0.0632. The number of rotatable bonds is 12. The Bertz CT molecular complexity index is 1280. The Morgan fingerprint density at radius 1 is 1.00 bits per heavy atom. The van der Waals surface area contributed by atoms with Gasteiger partial charge >= 0.3 is 0 Å². The van der Waals surface area contributed by atoms with Gasteiger partial charge in [-0.15, -0.1) is 6.58 Å². The van der Waals surface area contributed by atoms with Crippen LogP contribution in [0.15, 0.2) is 90.4 Å². The van der Waals surface area contributed by atoms with Crippen LogP contribution in [0, 0.1) is 6.92 Å². The van der Waals surface area contributed by atoms with Crippen molar-refractivity contribution in [1.82, 2.24) is 4.31 Å². The second-order valence-electron chi connectivity index (χ2n) is 8.86. The monoisotopic (exact) mass is 505 g/mol. The maximum atomic E-state index is 13.5. The van der Waals surface area contributed by atoms with E-state index in [4.69, 9.17) is 9.47 Å². The molecule has 0 atom stereocenters. The molecule has 0 N–H and O–H groups in total. The van der Waals surface area contributed by atoms with Crippen LogP contribution < -0.4 is 9.47 Å². The summed E-state index contributed by atoms with van der Waals surface area (Å²) >= 11 is 0. The molecule has 3 aromatic rings. The van der Waals surface area contributed by atoms with Gasteiger partial charge in [0.05, 0.1) is 18.1 Å². The number of methoxy groups -OCH3 is 1. The van der Waals surface area contributed by atoms with Crippen molar-refractivity contribution in [3.8, 4) is 11.5 Å². The molecule has 6 heteroatoms. The van der Waals surface area contributed by atoms with E-state index in [1.165, 1.54) is 9.87 Å². The third-order valence-electron chi connectivity index (χ3n) is 5.62. The van der Waals surface area contributed by atoms with E-state index in [-0.39, 0.29) is 24.1 Å². The van der Waals surface area contributed by atoms with Crippen LogP contribution in [-0.4, -0.2) is 32.5 Å². The molecule has 0 aliphatic rings. The fourth-order valence-electron chi connectivity index (χ4n) is 3.79. The summed E-state index contributed by atoms with van der Waals surface area (Å²) in [5.41, 5.74) is 3.87. The van der Waals surface area contributed by atoms with Gasteiger partial charge in [0.25, 0.3) is 0 Å². The van der Waals surface area contributed by atoms with Gasteiger partial charge in [0, 0.05) is 13.1 Å². The molecule has 0 saturated heterocycles. The third kappa shape index (κ3) is 7.09. The zero-order valence-corrected chi connectivity index (χ0v) is 22.3. The summed E-state index contributed by atoms with van der Waals surface area (Å²) in [6.07, 6.45) is 6.38. The Morgan fingerprint density at radius 3 is 2.31 bits per heavy atom. The molecule has 3 rings (SSSR count). The molecule has 0 radical (unpaired) electrons. The molecule has 0 aliphatic heterocycles. The van der Waals surface area contributed by atoms with E-state index >= 15 is 0 Å². The Balaban J connectivity index is 2.02. The molecule has 5 nitrogen and oxygen atoms in total. The van der Waals surface area contributed by atoms with E-state index in [1.807, 2.05) is 57.2 Å². The first-order valence-electron chi connectivity index (χ1n) is 12.0. The van der Waals surface area contributed by atoms with Gasteiger partial charge in [0.1, 0.15) is 0 Å².